The van der Waals surface area contributed by atoms with Gasteiger partial charge in [-0.2, -0.15) is 0 Å². The van der Waals surface area contributed by atoms with Crippen molar-refractivity contribution in [2.24, 2.45) is 0 Å². The minimum absolute atomic E-state index is 0.292. The average molecular weight is 318 g/mol. The van der Waals surface area contributed by atoms with Gasteiger partial charge in [-0.25, -0.2) is 4.79 Å². The number of esters is 1. The first-order chi connectivity index (χ1) is 10.6. The molecule has 0 N–H and O–H groups in total. The van der Waals surface area contributed by atoms with E-state index >= 15 is 0 Å². The van der Waals surface area contributed by atoms with Crippen LogP contribution in [0.15, 0.2) is 54.6 Å². The Morgan fingerprint density at radius 2 is 1.86 bits per heavy atom. The molecule has 5 heteroatoms. The van der Waals surface area contributed by atoms with Crippen LogP contribution in [0, 0.1) is 0 Å². The maximum absolute atomic E-state index is 12.2. The molecule has 0 amide bonds. The Bertz CT molecular complexity index is 691. The van der Waals surface area contributed by atoms with Gasteiger partial charge < -0.3 is 14.4 Å². The first-order valence-electron chi connectivity index (χ1n) is 6.88. The highest BCUT2D eigenvalue weighted by molar-refractivity contribution is 6.40. The largest absolute Gasteiger partial charge is 0.497 e. The zero-order chi connectivity index (χ0) is 15.7. The molecule has 1 aliphatic heterocycles. The summed E-state index contributed by atoms with van der Waals surface area (Å²) < 4.78 is 10.1. The Morgan fingerprint density at radius 1 is 1.14 bits per heavy atom. The quantitative estimate of drug-likeness (QED) is 0.375. The lowest BCUT2D eigenvalue weighted by Gasteiger charge is -2.08. The summed E-state index contributed by atoms with van der Waals surface area (Å²) in [7, 11) is 2.95. The second kappa shape index (κ2) is 5.54. The van der Waals surface area contributed by atoms with Gasteiger partial charge >= 0.3 is 5.97 Å². The van der Waals surface area contributed by atoms with E-state index in [1.165, 1.54) is 7.11 Å². The predicted molar refractivity (Wildman–Crippen MR) is 85.3 cm³/mol. The van der Waals surface area contributed by atoms with Crippen LogP contribution < -0.4 is 9.64 Å². The third-order valence-corrected chi connectivity index (χ3v) is 4.36. The molecule has 0 bridgehead atoms. The fourth-order valence-corrected chi connectivity index (χ4v) is 3.18. The molecule has 0 saturated carbocycles. The van der Waals surface area contributed by atoms with Crippen molar-refractivity contribution in [1.82, 2.24) is 0 Å². The molecule has 1 aliphatic rings. The minimum Gasteiger partial charge on any atom is -0.497 e. The van der Waals surface area contributed by atoms with Gasteiger partial charge in [0.05, 0.1) is 14.2 Å². The summed E-state index contributed by atoms with van der Waals surface area (Å²) in [5.41, 5.74) is 1.78. The van der Waals surface area contributed by atoms with E-state index in [-0.39, 0.29) is 6.04 Å². The van der Waals surface area contributed by atoms with Crippen LogP contribution in [-0.2, 0) is 9.53 Å². The number of halogens is 1. The molecule has 0 radical (unpaired) electrons. The summed E-state index contributed by atoms with van der Waals surface area (Å²) >= 11 is 6.60. The molecule has 0 aliphatic carbocycles. The highest BCUT2D eigenvalue weighted by atomic mass is 35.5. The molecule has 3 rings (SSSR count). The Hall–Kier alpha value is -2.20. The molecule has 1 fully saturated rings. The normalized spacial score (nSPS) is 23.0. The Kier molecular flexibility index (Phi) is 3.71. The van der Waals surface area contributed by atoms with Crippen LogP contribution in [0.25, 0.3) is 0 Å². The van der Waals surface area contributed by atoms with Gasteiger partial charge in [0, 0.05) is 5.69 Å². The first-order valence-corrected chi connectivity index (χ1v) is 7.26. The predicted octanol–water partition coefficient (Wildman–Crippen LogP) is 3.36. The van der Waals surface area contributed by atoms with E-state index in [2.05, 4.69) is 0 Å². The molecule has 2 aromatic carbocycles. The number of nitrogens with zero attached hydrogens (tertiary/aromatic N) is 1. The van der Waals surface area contributed by atoms with Crippen LogP contribution in [-0.4, -0.2) is 25.2 Å². The van der Waals surface area contributed by atoms with Crippen LogP contribution in [0.4, 0.5) is 5.69 Å². The molecule has 1 heterocycles. The van der Waals surface area contributed by atoms with Crippen LogP contribution in [0.3, 0.4) is 0 Å². The van der Waals surface area contributed by atoms with E-state index in [4.69, 9.17) is 21.1 Å². The third-order valence-electron chi connectivity index (χ3n) is 3.82. The lowest BCUT2D eigenvalue weighted by atomic mass is 10.1. The fraction of sp³-hybridized carbons (Fsp3) is 0.235. The SMILES string of the molecule is COC(=O)[C@@]1(Cl)[C@H](c2cccc(OC)c2)N1c1ccccc1. The van der Waals surface area contributed by atoms with Crippen molar-refractivity contribution >= 4 is 23.3 Å². The van der Waals surface area contributed by atoms with E-state index in [1.807, 2.05) is 59.5 Å². The Labute approximate surface area is 134 Å². The number of alkyl halides is 1. The van der Waals surface area contributed by atoms with Crippen molar-refractivity contribution in [3.05, 3.63) is 60.2 Å². The zero-order valence-electron chi connectivity index (χ0n) is 12.3. The van der Waals surface area contributed by atoms with E-state index in [0.29, 0.717) is 0 Å². The molecule has 0 spiro atoms. The van der Waals surface area contributed by atoms with Crippen molar-refractivity contribution < 1.29 is 14.3 Å². The van der Waals surface area contributed by atoms with Crippen molar-refractivity contribution in [1.29, 1.82) is 0 Å². The van der Waals surface area contributed by atoms with Crippen molar-refractivity contribution in [2.45, 2.75) is 11.0 Å². The number of ether oxygens (including phenoxy) is 2. The number of hydrogen-bond donors (Lipinski definition) is 0. The number of methoxy groups -OCH3 is 2. The van der Waals surface area contributed by atoms with Crippen molar-refractivity contribution in [2.75, 3.05) is 19.1 Å². The van der Waals surface area contributed by atoms with Gasteiger partial charge in [0.15, 0.2) is 0 Å². The number of carbonyl (C=O) groups is 1. The third kappa shape index (κ3) is 2.20. The average Bonchev–Trinajstić information content (AvgIpc) is 3.22. The van der Waals surface area contributed by atoms with Gasteiger partial charge in [0.2, 0.25) is 5.00 Å². The second-order valence-electron chi connectivity index (χ2n) is 5.05. The summed E-state index contributed by atoms with van der Waals surface area (Å²) in [6, 6.07) is 16.8. The molecule has 2 atom stereocenters. The van der Waals surface area contributed by atoms with Gasteiger partial charge in [-0.1, -0.05) is 41.9 Å². The van der Waals surface area contributed by atoms with Gasteiger partial charge in [-0.05, 0) is 29.8 Å². The van der Waals surface area contributed by atoms with E-state index in [9.17, 15) is 4.79 Å². The number of carbonyl (C=O) groups excluding carboxylic acids is 1. The zero-order valence-corrected chi connectivity index (χ0v) is 13.1. The molecule has 2 aromatic rings. The van der Waals surface area contributed by atoms with Gasteiger partial charge in [0.25, 0.3) is 0 Å². The molecule has 1 saturated heterocycles. The summed E-state index contributed by atoms with van der Waals surface area (Å²) in [4.78, 5) is 12.8. The molecule has 22 heavy (non-hydrogen) atoms. The monoisotopic (exact) mass is 317 g/mol. The van der Waals surface area contributed by atoms with Crippen LogP contribution >= 0.6 is 11.6 Å². The highest BCUT2D eigenvalue weighted by Crippen LogP contribution is 2.59. The summed E-state index contributed by atoms with van der Waals surface area (Å²) in [6.07, 6.45) is 0. The first kappa shape index (κ1) is 14.7. The Morgan fingerprint density at radius 3 is 2.50 bits per heavy atom. The van der Waals surface area contributed by atoms with E-state index in [0.717, 1.165) is 17.0 Å². The van der Waals surface area contributed by atoms with Gasteiger partial charge in [-0.15, -0.1) is 0 Å². The van der Waals surface area contributed by atoms with Crippen LogP contribution in [0.5, 0.6) is 5.75 Å². The molecule has 0 unspecified atom stereocenters. The lowest BCUT2D eigenvalue weighted by Crippen LogP contribution is -2.24. The van der Waals surface area contributed by atoms with Crippen molar-refractivity contribution in [3.63, 3.8) is 0 Å². The van der Waals surface area contributed by atoms with E-state index in [1.54, 1.807) is 7.11 Å². The maximum atomic E-state index is 12.2. The topological polar surface area (TPSA) is 38.5 Å². The lowest BCUT2D eigenvalue weighted by molar-refractivity contribution is -0.141. The Balaban J connectivity index is 2.02. The fourth-order valence-electron chi connectivity index (χ4n) is 2.73. The van der Waals surface area contributed by atoms with Gasteiger partial charge in [-0.3, -0.25) is 0 Å². The number of para-hydroxylation sites is 1. The second-order valence-corrected chi connectivity index (χ2v) is 5.63. The number of anilines is 1. The van der Waals surface area contributed by atoms with Crippen LogP contribution in [0.2, 0.25) is 0 Å². The molecule has 0 aromatic heterocycles. The molecule has 4 nitrogen and oxygen atoms in total. The number of rotatable bonds is 4. The summed E-state index contributed by atoms with van der Waals surface area (Å²) in [5.74, 6) is 0.257. The molecule has 114 valence electrons. The minimum atomic E-state index is -1.22. The highest BCUT2D eigenvalue weighted by Gasteiger charge is 2.69. The van der Waals surface area contributed by atoms with Gasteiger partial charge in [0.1, 0.15) is 11.8 Å². The number of benzene rings is 2. The summed E-state index contributed by atoms with van der Waals surface area (Å²) in [5, 5.41) is 0. The van der Waals surface area contributed by atoms with Crippen molar-refractivity contribution in [3.8, 4) is 5.75 Å². The standard InChI is InChI=1S/C17H16ClNO3/c1-21-14-10-6-7-12(11-14)15-17(18,16(20)22-2)19(15)13-8-4-3-5-9-13/h3-11,15H,1-2H3/t15-,17+,19?/m0/s1. The van der Waals surface area contributed by atoms with E-state index < -0.39 is 11.0 Å². The maximum Gasteiger partial charge on any atom is 0.350 e. The molecular weight excluding hydrogens is 302 g/mol. The van der Waals surface area contributed by atoms with Crippen LogP contribution in [0.1, 0.15) is 11.6 Å². The molecular formula is C17H16ClNO3. The number of hydrogen-bond acceptors (Lipinski definition) is 4. The smallest absolute Gasteiger partial charge is 0.350 e. The summed E-state index contributed by atoms with van der Waals surface area (Å²) in [6.45, 7) is 0.